The lowest BCUT2D eigenvalue weighted by Crippen LogP contribution is -1.98. The molecule has 0 amide bonds. The maximum Gasteiger partial charge on any atom is 0.336 e. The monoisotopic (exact) mass is 309 g/mol. The van der Waals surface area contributed by atoms with Crippen LogP contribution in [-0.4, -0.2) is 20.9 Å². The Labute approximate surface area is 113 Å². The Kier molecular flexibility index (Phi) is 3.38. The van der Waals surface area contributed by atoms with E-state index >= 15 is 0 Å². The molecule has 0 aliphatic heterocycles. The molecule has 5 nitrogen and oxygen atoms in total. The molecule has 0 saturated heterocycles. The van der Waals surface area contributed by atoms with Gasteiger partial charge in [0.05, 0.1) is 16.9 Å². The van der Waals surface area contributed by atoms with Crippen LogP contribution in [0.25, 0.3) is 0 Å². The van der Waals surface area contributed by atoms with Gasteiger partial charge in [0.2, 0.25) is 0 Å². The van der Waals surface area contributed by atoms with Crippen LogP contribution in [-0.2, 0) is 7.05 Å². The van der Waals surface area contributed by atoms with E-state index in [1.807, 2.05) is 20.2 Å². The number of rotatable bonds is 3. The van der Waals surface area contributed by atoms with E-state index in [1.54, 1.807) is 22.9 Å². The molecule has 1 aromatic heterocycles. The van der Waals surface area contributed by atoms with Gasteiger partial charge in [0.25, 0.3) is 0 Å². The van der Waals surface area contributed by atoms with E-state index in [4.69, 9.17) is 5.11 Å². The summed E-state index contributed by atoms with van der Waals surface area (Å²) in [6.07, 6.45) is 1.87. The molecular formula is C12H12BrN3O2. The average molecular weight is 310 g/mol. The van der Waals surface area contributed by atoms with Gasteiger partial charge in [-0.2, -0.15) is 5.10 Å². The molecule has 1 heterocycles. The van der Waals surface area contributed by atoms with Gasteiger partial charge in [0.1, 0.15) is 0 Å². The SMILES string of the molecule is Cc1nn(C)cc1Nc1ccc(C(=O)O)c(Br)c1. The summed E-state index contributed by atoms with van der Waals surface area (Å²) in [5, 5.41) is 16.3. The minimum atomic E-state index is -0.953. The third-order valence-corrected chi connectivity index (χ3v) is 3.15. The number of aryl methyl sites for hydroxylation is 2. The minimum absolute atomic E-state index is 0.239. The largest absolute Gasteiger partial charge is 0.478 e. The Morgan fingerprint density at radius 3 is 2.72 bits per heavy atom. The number of nitrogens with one attached hydrogen (secondary N) is 1. The number of carboxylic acid groups (broad SMARTS) is 1. The molecule has 0 spiro atoms. The Morgan fingerprint density at radius 1 is 1.50 bits per heavy atom. The van der Waals surface area contributed by atoms with Crippen LogP contribution in [0.1, 0.15) is 16.1 Å². The summed E-state index contributed by atoms with van der Waals surface area (Å²) in [6, 6.07) is 5.01. The van der Waals surface area contributed by atoms with Gasteiger partial charge < -0.3 is 10.4 Å². The molecule has 94 valence electrons. The van der Waals surface area contributed by atoms with E-state index in [9.17, 15) is 4.79 Å². The zero-order valence-corrected chi connectivity index (χ0v) is 11.5. The van der Waals surface area contributed by atoms with Crippen molar-refractivity contribution in [2.24, 2.45) is 7.05 Å². The number of hydrogen-bond acceptors (Lipinski definition) is 3. The lowest BCUT2D eigenvalue weighted by Gasteiger charge is -2.06. The third-order valence-electron chi connectivity index (χ3n) is 2.49. The molecule has 1 aromatic carbocycles. The fourth-order valence-corrected chi connectivity index (χ4v) is 2.19. The molecule has 0 bridgehead atoms. The van der Waals surface area contributed by atoms with Crippen LogP contribution in [0.3, 0.4) is 0 Å². The standard InChI is InChI=1S/C12H12BrN3O2/c1-7-11(6-16(2)15-7)14-8-3-4-9(12(17)18)10(13)5-8/h3-6,14H,1-2H3,(H,17,18). The molecule has 0 fully saturated rings. The first-order valence-electron chi connectivity index (χ1n) is 5.27. The highest BCUT2D eigenvalue weighted by molar-refractivity contribution is 9.10. The van der Waals surface area contributed by atoms with Crippen molar-refractivity contribution < 1.29 is 9.90 Å². The maximum atomic E-state index is 10.9. The fourth-order valence-electron chi connectivity index (χ4n) is 1.64. The summed E-state index contributed by atoms with van der Waals surface area (Å²) in [4.78, 5) is 10.9. The van der Waals surface area contributed by atoms with Gasteiger partial charge in [-0.05, 0) is 41.1 Å². The van der Waals surface area contributed by atoms with Crippen LogP contribution < -0.4 is 5.32 Å². The van der Waals surface area contributed by atoms with E-state index in [0.29, 0.717) is 4.47 Å². The molecule has 2 rings (SSSR count). The van der Waals surface area contributed by atoms with Crippen molar-refractivity contribution in [3.8, 4) is 0 Å². The van der Waals surface area contributed by atoms with Crippen LogP contribution in [0.4, 0.5) is 11.4 Å². The molecule has 2 N–H and O–H groups in total. The zero-order valence-electron chi connectivity index (χ0n) is 9.94. The van der Waals surface area contributed by atoms with Crippen molar-refractivity contribution in [1.29, 1.82) is 0 Å². The van der Waals surface area contributed by atoms with Crippen molar-refractivity contribution >= 4 is 33.3 Å². The summed E-state index contributed by atoms with van der Waals surface area (Å²) in [5.74, 6) is -0.953. The summed E-state index contributed by atoms with van der Waals surface area (Å²) < 4.78 is 2.26. The van der Waals surface area contributed by atoms with Gasteiger partial charge in [0.15, 0.2) is 0 Å². The summed E-state index contributed by atoms with van der Waals surface area (Å²) in [5.41, 5.74) is 2.83. The van der Waals surface area contributed by atoms with Gasteiger partial charge >= 0.3 is 5.97 Å². The van der Waals surface area contributed by atoms with E-state index in [2.05, 4.69) is 26.3 Å². The van der Waals surface area contributed by atoms with E-state index in [0.717, 1.165) is 17.1 Å². The van der Waals surface area contributed by atoms with Crippen LogP contribution in [0.5, 0.6) is 0 Å². The third kappa shape index (κ3) is 2.53. The smallest absolute Gasteiger partial charge is 0.336 e. The number of anilines is 2. The number of benzene rings is 1. The predicted molar refractivity (Wildman–Crippen MR) is 72.3 cm³/mol. The summed E-state index contributed by atoms with van der Waals surface area (Å²) in [7, 11) is 1.85. The van der Waals surface area contributed by atoms with Crippen LogP contribution >= 0.6 is 15.9 Å². The second kappa shape index (κ2) is 4.81. The molecule has 6 heteroatoms. The van der Waals surface area contributed by atoms with E-state index in [1.165, 1.54) is 0 Å². The Balaban J connectivity index is 2.28. The van der Waals surface area contributed by atoms with Crippen molar-refractivity contribution in [3.63, 3.8) is 0 Å². The molecule has 18 heavy (non-hydrogen) atoms. The predicted octanol–water partition coefficient (Wildman–Crippen LogP) is 2.93. The van der Waals surface area contributed by atoms with E-state index < -0.39 is 5.97 Å². The number of nitrogens with zero attached hydrogens (tertiary/aromatic N) is 2. The lowest BCUT2D eigenvalue weighted by atomic mass is 10.2. The first-order chi connectivity index (χ1) is 8.47. The number of carbonyl (C=O) groups is 1. The summed E-state index contributed by atoms with van der Waals surface area (Å²) >= 11 is 3.24. The van der Waals surface area contributed by atoms with Crippen molar-refractivity contribution in [2.75, 3.05) is 5.32 Å². The van der Waals surface area contributed by atoms with Crippen molar-refractivity contribution in [3.05, 3.63) is 40.1 Å². The minimum Gasteiger partial charge on any atom is -0.478 e. The highest BCUT2D eigenvalue weighted by Gasteiger charge is 2.09. The molecule has 0 atom stereocenters. The summed E-state index contributed by atoms with van der Waals surface area (Å²) in [6.45, 7) is 1.91. The molecule has 0 aliphatic carbocycles. The molecule has 2 aromatic rings. The molecule has 0 saturated carbocycles. The van der Waals surface area contributed by atoms with Gasteiger partial charge in [-0.3, -0.25) is 4.68 Å². The Hall–Kier alpha value is -1.82. The van der Waals surface area contributed by atoms with Crippen LogP contribution in [0.15, 0.2) is 28.9 Å². The highest BCUT2D eigenvalue weighted by atomic mass is 79.9. The first kappa shape index (κ1) is 12.6. The average Bonchev–Trinajstić information content (AvgIpc) is 2.57. The van der Waals surface area contributed by atoms with Gasteiger partial charge in [-0.1, -0.05) is 0 Å². The first-order valence-corrected chi connectivity index (χ1v) is 6.07. The second-order valence-electron chi connectivity index (χ2n) is 3.93. The zero-order chi connectivity index (χ0) is 13.3. The van der Waals surface area contributed by atoms with E-state index in [-0.39, 0.29) is 5.56 Å². The topological polar surface area (TPSA) is 67.2 Å². The molecule has 0 radical (unpaired) electrons. The molecule has 0 aliphatic rings. The van der Waals surface area contributed by atoms with Gasteiger partial charge in [-0.15, -0.1) is 0 Å². The highest BCUT2D eigenvalue weighted by Crippen LogP contribution is 2.25. The van der Waals surface area contributed by atoms with Crippen LogP contribution in [0, 0.1) is 6.92 Å². The number of carboxylic acids is 1. The Morgan fingerprint density at radius 2 is 2.22 bits per heavy atom. The molecule has 0 unspecified atom stereocenters. The number of hydrogen-bond donors (Lipinski definition) is 2. The number of halogens is 1. The number of aromatic carboxylic acids is 1. The van der Waals surface area contributed by atoms with Crippen LogP contribution in [0.2, 0.25) is 0 Å². The van der Waals surface area contributed by atoms with Crippen molar-refractivity contribution in [2.45, 2.75) is 6.92 Å². The van der Waals surface area contributed by atoms with Gasteiger partial charge in [0, 0.05) is 23.4 Å². The normalized spacial score (nSPS) is 10.4. The quantitative estimate of drug-likeness (QED) is 0.914. The lowest BCUT2D eigenvalue weighted by molar-refractivity contribution is 0.0696. The fraction of sp³-hybridized carbons (Fsp3) is 0.167. The maximum absolute atomic E-state index is 10.9. The number of aromatic nitrogens is 2. The Bertz CT molecular complexity index is 607. The van der Waals surface area contributed by atoms with Crippen molar-refractivity contribution in [1.82, 2.24) is 9.78 Å². The second-order valence-corrected chi connectivity index (χ2v) is 4.78. The molecular weight excluding hydrogens is 298 g/mol. The van der Waals surface area contributed by atoms with Gasteiger partial charge in [-0.25, -0.2) is 4.79 Å².